The quantitative estimate of drug-likeness (QED) is 0.698. The second-order valence-corrected chi connectivity index (χ2v) is 4.94. The van der Waals surface area contributed by atoms with Crippen LogP contribution in [0.3, 0.4) is 0 Å². The lowest BCUT2D eigenvalue weighted by Crippen LogP contribution is -2.13. The second kappa shape index (κ2) is 4.62. The molecule has 0 bridgehead atoms. The molecule has 0 atom stereocenters. The number of ether oxygens (including phenoxy) is 1. The van der Waals surface area contributed by atoms with E-state index in [1.165, 1.54) is 4.40 Å². The largest absolute Gasteiger partial charge is 0.438 e. The molecule has 0 aliphatic rings. The van der Waals surface area contributed by atoms with Crippen molar-refractivity contribution in [1.82, 2.24) is 19.6 Å². The van der Waals surface area contributed by atoms with Crippen LogP contribution in [0.1, 0.15) is 17.0 Å². The minimum absolute atomic E-state index is 0.322. The zero-order valence-corrected chi connectivity index (χ0v) is 12.0. The van der Waals surface area contributed by atoms with Crippen molar-refractivity contribution < 1.29 is 4.74 Å². The molecule has 7 heteroatoms. The van der Waals surface area contributed by atoms with Gasteiger partial charge >= 0.3 is 5.69 Å². The first-order valence-corrected chi connectivity index (χ1v) is 6.45. The van der Waals surface area contributed by atoms with Crippen LogP contribution in [0.5, 0.6) is 11.6 Å². The van der Waals surface area contributed by atoms with E-state index in [1.807, 2.05) is 19.9 Å². The van der Waals surface area contributed by atoms with E-state index < -0.39 is 0 Å². The molecule has 2 heterocycles. The van der Waals surface area contributed by atoms with Crippen LogP contribution in [0, 0.1) is 20.8 Å². The zero-order valence-electron chi connectivity index (χ0n) is 12.0. The second-order valence-electron chi connectivity index (χ2n) is 4.94. The molecule has 0 aliphatic carbocycles. The highest BCUT2D eigenvalue weighted by Gasteiger charge is 2.10. The van der Waals surface area contributed by atoms with Crippen molar-refractivity contribution in [3.63, 3.8) is 0 Å². The Morgan fingerprint density at radius 1 is 1.19 bits per heavy atom. The van der Waals surface area contributed by atoms with E-state index in [-0.39, 0.29) is 5.69 Å². The third-order valence-electron chi connectivity index (χ3n) is 3.32. The summed E-state index contributed by atoms with van der Waals surface area (Å²) in [5.41, 5.74) is 8.65. The van der Waals surface area contributed by atoms with Crippen molar-refractivity contribution in [2.45, 2.75) is 20.8 Å². The predicted octanol–water partition coefficient (Wildman–Crippen LogP) is 1.72. The van der Waals surface area contributed by atoms with Crippen LogP contribution in [0.2, 0.25) is 0 Å². The summed E-state index contributed by atoms with van der Waals surface area (Å²) in [4.78, 5) is 15.8. The van der Waals surface area contributed by atoms with Crippen molar-refractivity contribution in [3.05, 3.63) is 45.6 Å². The smallest absolute Gasteiger partial charge is 0.349 e. The summed E-state index contributed by atoms with van der Waals surface area (Å²) in [6, 6.07) is 5.32. The monoisotopic (exact) mass is 285 g/mol. The highest BCUT2D eigenvalue weighted by Crippen LogP contribution is 2.28. The Morgan fingerprint density at radius 2 is 1.95 bits per heavy atom. The normalized spacial score (nSPS) is 11.0. The summed E-state index contributed by atoms with van der Waals surface area (Å²) in [6.07, 6.45) is 0. The van der Waals surface area contributed by atoms with Gasteiger partial charge in [-0.15, -0.1) is 0 Å². The van der Waals surface area contributed by atoms with Crippen LogP contribution >= 0.6 is 0 Å². The van der Waals surface area contributed by atoms with Gasteiger partial charge in [0.05, 0.1) is 0 Å². The van der Waals surface area contributed by atoms with E-state index in [0.29, 0.717) is 28.8 Å². The van der Waals surface area contributed by atoms with Gasteiger partial charge in [-0.2, -0.15) is 10.1 Å². The topological polar surface area (TPSA) is 98.3 Å². The van der Waals surface area contributed by atoms with Gasteiger partial charge in [0.15, 0.2) is 5.65 Å². The number of aromatic amines is 1. The van der Waals surface area contributed by atoms with Crippen LogP contribution in [0.15, 0.2) is 23.0 Å². The molecule has 3 rings (SSSR count). The molecule has 1 aromatic carbocycles. The number of fused-ring (bicyclic) bond motifs is 1. The molecule has 0 amide bonds. The number of anilines is 1. The van der Waals surface area contributed by atoms with Gasteiger partial charge in [-0.25, -0.2) is 14.3 Å². The van der Waals surface area contributed by atoms with Crippen molar-refractivity contribution in [2.75, 3.05) is 5.73 Å². The molecule has 2 aromatic heterocycles. The lowest BCUT2D eigenvalue weighted by molar-refractivity contribution is 0.456. The number of hydrogen-bond donors (Lipinski definition) is 2. The first-order chi connectivity index (χ1) is 9.95. The maximum atomic E-state index is 11.6. The minimum atomic E-state index is -0.322. The summed E-state index contributed by atoms with van der Waals surface area (Å²) in [6.45, 7) is 5.59. The van der Waals surface area contributed by atoms with Crippen LogP contribution in [0.4, 0.5) is 5.69 Å². The molecule has 0 radical (unpaired) electrons. The average Bonchev–Trinajstić information content (AvgIpc) is 2.78. The average molecular weight is 285 g/mol. The van der Waals surface area contributed by atoms with Crippen molar-refractivity contribution in [2.24, 2.45) is 0 Å². The number of hydrogen-bond acceptors (Lipinski definition) is 5. The number of aromatic nitrogens is 4. The van der Waals surface area contributed by atoms with Gasteiger partial charge in [-0.05, 0) is 31.9 Å². The van der Waals surface area contributed by atoms with E-state index in [9.17, 15) is 4.79 Å². The minimum Gasteiger partial charge on any atom is -0.438 e. The maximum Gasteiger partial charge on any atom is 0.349 e. The molecular weight excluding hydrogens is 270 g/mol. The van der Waals surface area contributed by atoms with Gasteiger partial charge in [-0.1, -0.05) is 6.07 Å². The number of nitrogens with one attached hydrogen (secondary N) is 1. The van der Waals surface area contributed by atoms with Crippen LogP contribution < -0.4 is 16.2 Å². The van der Waals surface area contributed by atoms with E-state index in [0.717, 1.165) is 11.1 Å². The van der Waals surface area contributed by atoms with E-state index in [4.69, 9.17) is 10.5 Å². The molecule has 3 N–H and O–H groups in total. The Labute approximate surface area is 120 Å². The molecule has 0 saturated heterocycles. The zero-order chi connectivity index (χ0) is 15.1. The van der Waals surface area contributed by atoms with Crippen LogP contribution in [-0.2, 0) is 0 Å². The first-order valence-electron chi connectivity index (χ1n) is 6.45. The van der Waals surface area contributed by atoms with Crippen molar-refractivity contribution in [3.8, 4) is 11.6 Å². The maximum absolute atomic E-state index is 11.6. The van der Waals surface area contributed by atoms with Gasteiger partial charge in [0.1, 0.15) is 11.6 Å². The number of nitrogens with two attached hydrogens (primary N) is 1. The first kappa shape index (κ1) is 13.2. The van der Waals surface area contributed by atoms with Gasteiger partial charge in [-0.3, -0.25) is 0 Å². The molecule has 0 saturated carbocycles. The molecule has 3 aromatic rings. The van der Waals surface area contributed by atoms with Gasteiger partial charge in [0.25, 0.3) is 0 Å². The molecule has 7 nitrogen and oxygen atoms in total. The highest BCUT2D eigenvalue weighted by atomic mass is 16.5. The Balaban J connectivity index is 2.06. The summed E-state index contributed by atoms with van der Waals surface area (Å²) in [5.74, 6) is 1.50. The number of H-pyrrole nitrogens is 1. The van der Waals surface area contributed by atoms with Crippen LogP contribution in [-0.4, -0.2) is 19.6 Å². The molecular formula is C14H15N5O2. The third-order valence-corrected chi connectivity index (χ3v) is 3.32. The fourth-order valence-electron chi connectivity index (χ4n) is 2.19. The standard InChI is InChI=1S/C14H15N5O2/c1-7-4-8(2)11(5-10(7)15)21-13-6-12-17-18-14(20)19(12)9(3)16-13/h4-6H,15H2,1-3H3,(H,18,20). The van der Waals surface area contributed by atoms with E-state index in [1.54, 1.807) is 19.1 Å². The highest BCUT2D eigenvalue weighted by molar-refractivity contribution is 5.55. The number of aryl methyl sites for hydroxylation is 3. The molecule has 21 heavy (non-hydrogen) atoms. The Hall–Kier alpha value is -2.83. The summed E-state index contributed by atoms with van der Waals surface area (Å²) < 4.78 is 7.16. The van der Waals surface area contributed by atoms with Gasteiger partial charge in [0.2, 0.25) is 5.88 Å². The van der Waals surface area contributed by atoms with E-state index >= 15 is 0 Å². The molecule has 0 fully saturated rings. The SMILES string of the molecule is Cc1cc(C)c(Oc2cc3n[nH]c(=O)n3c(C)n2)cc1N. The predicted molar refractivity (Wildman–Crippen MR) is 78.7 cm³/mol. The summed E-state index contributed by atoms with van der Waals surface area (Å²) >= 11 is 0. The lowest BCUT2D eigenvalue weighted by Gasteiger charge is -2.11. The van der Waals surface area contributed by atoms with Gasteiger partial charge < -0.3 is 10.5 Å². The Bertz CT molecular complexity index is 894. The van der Waals surface area contributed by atoms with Gasteiger partial charge in [0, 0.05) is 17.8 Å². The number of benzene rings is 1. The van der Waals surface area contributed by atoms with Crippen LogP contribution in [0.25, 0.3) is 5.65 Å². The number of nitrogen functional groups attached to an aromatic ring is 1. The molecule has 0 spiro atoms. The Kier molecular flexibility index (Phi) is 2.90. The molecule has 108 valence electrons. The Morgan fingerprint density at radius 3 is 2.71 bits per heavy atom. The molecule has 0 unspecified atom stereocenters. The fourth-order valence-corrected chi connectivity index (χ4v) is 2.19. The fraction of sp³-hybridized carbons (Fsp3) is 0.214. The summed E-state index contributed by atoms with van der Waals surface area (Å²) in [5, 5.41) is 6.29. The third kappa shape index (κ3) is 2.22. The number of nitrogens with zero attached hydrogens (tertiary/aromatic N) is 3. The van der Waals surface area contributed by atoms with Crippen molar-refractivity contribution >= 4 is 11.3 Å². The lowest BCUT2D eigenvalue weighted by atomic mass is 10.1. The number of rotatable bonds is 2. The van der Waals surface area contributed by atoms with E-state index in [2.05, 4.69) is 15.2 Å². The summed E-state index contributed by atoms with van der Waals surface area (Å²) in [7, 11) is 0. The van der Waals surface area contributed by atoms with Crippen molar-refractivity contribution in [1.29, 1.82) is 0 Å². The molecule has 0 aliphatic heterocycles.